The first kappa shape index (κ1) is 15.0. The van der Waals surface area contributed by atoms with Crippen LogP contribution < -0.4 is 0 Å². The van der Waals surface area contributed by atoms with Gasteiger partial charge in [0.15, 0.2) is 0 Å². The van der Waals surface area contributed by atoms with Crippen LogP contribution in [-0.4, -0.2) is 37.0 Å². The minimum Gasteiger partial charge on any atom is -0.469 e. The van der Waals surface area contributed by atoms with Crippen molar-refractivity contribution < 1.29 is 14.3 Å². The average Bonchev–Trinajstić information content (AvgIpc) is 2.47. The molecule has 4 heteroatoms. The molecule has 0 saturated carbocycles. The van der Waals surface area contributed by atoms with Crippen molar-refractivity contribution in [2.24, 2.45) is 11.3 Å². The van der Waals surface area contributed by atoms with Gasteiger partial charge < -0.3 is 9.64 Å². The highest BCUT2D eigenvalue weighted by Crippen LogP contribution is 2.34. The Labute approximate surface area is 110 Å². The number of carbonyl (C=O) groups is 2. The third kappa shape index (κ3) is 4.31. The fourth-order valence-corrected chi connectivity index (χ4v) is 2.47. The number of esters is 1. The summed E-state index contributed by atoms with van der Waals surface area (Å²) in [7, 11) is 1.38. The zero-order chi connectivity index (χ0) is 13.8. The predicted molar refractivity (Wildman–Crippen MR) is 70.0 cm³/mol. The van der Waals surface area contributed by atoms with E-state index in [1.54, 1.807) is 0 Å². The highest BCUT2D eigenvalue weighted by Gasteiger charge is 2.29. The number of hydrogen-bond acceptors (Lipinski definition) is 3. The van der Waals surface area contributed by atoms with Crippen molar-refractivity contribution in [1.82, 2.24) is 4.90 Å². The molecule has 1 amide bonds. The van der Waals surface area contributed by atoms with Crippen molar-refractivity contribution in [3.63, 3.8) is 0 Å². The summed E-state index contributed by atoms with van der Waals surface area (Å²) in [6.07, 6.45) is 2.87. The Bertz CT molecular complexity index is 307. The Morgan fingerprint density at radius 1 is 1.39 bits per heavy atom. The Hall–Kier alpha value is -1.06. The second kappa shape index (κ2) is 6.21. The number of likely N-dealkylation sites (tertiary alicyclic amines) is 1. The minimum atomic E-state index is -0.251. The summed E-state index contributed by atoms with van der Waals surface area (Å²) in [5.74, 6) is 0.495. The molecule has 18 heavy (non-hydrogen) atoms. The smallest absolute Gasteiger partial charge is 0.307 e. The molecular formula is C14H25NO3. The van der Waals surface area contributed by atoms with Gasteiger partial charge in [-0.2, -0.15) is 0 Å². The summed E-state index contributed by atoms with van der Waals surface area (Å²) in [5.41, 5.74) is 0.249. The number of methoxy groups -OCH3 is 1. The van der Waals surface area contributed by atoms with Gasteiger partial charge in [0.1, 0.15) is 0 Å². The van der Waals surface area contributed by atoms with Gasteiger partial charge in [0, 0.05) is 19.5 Å². The van der Waals surface area contributed by atoms with E-state index in [1.807, 2.05) is 4.90 Å². The molecular weight excluding hydrogens is 230 g/mol. The monoisotopic (exact) mass is 255 g/mol. The van der Waals surface area contributed by atoms with Crippen molar-refractivity contribution in [3.8, 4) is 0 Å². The molecule has 0 radical (unpaired) electrons. The van der Waals surface area contributed by atoms with Gasteiger partial charge >= 0.3 is 5.97 Å². The summed E-state index contributed by atoms with van der Waals surface area (Å²) in [6, 6.07) is 0. The molecule has 0 N–H and O–H groups in total. The SMILES string of the molecule is COC(=O)CCN1CCC(C(C)(C)C)CCC1=O. The van der Waals surface area contributed by atoms with Crippen molar-refractivity contribution in [3.05, 3.63) is 0 Å². The van der Waals surface area contributed by atoms with E-state index in [0.29, 0.717) is 25.3 Å². The van der Waals surface area contributed by atoms with E-state index in [9.17, 15) is 9.59 Å². The molecule has 0 aromatic rings. The normalized spacial score (nSPS) is 21.7. The highest BCUT2D eigenvalue weighted by atomic mass is 16.5. The minimum absolute atomic E-state index is 0.172. The molecule has 4 nitrogen and oxygen atoms in total. The number of ether oxygens (including phenoxy) is 1. The van der Waals surface area contributed by atoms with Crippen LogP contribution >= 0.6 is 0 Å². The molecule has 1 saturated heterocycles. The van der Waals surface area contributed by atoms with Gasteiger partial charge in [-0.25, -0.2) is 0 Å². The standard InChI is InChI=1S/C14H25NO3/c1-14(2,3)11-5-6-12(16)15(9-7-11)10-8-13(17)18-4/h11H,5-10H2,1-4H3. The molecule has 1 atom stereocenters. The second-order valence-corrected chi connectivity index (χ2v) is 6.10. The highest BCUT2D eigenvalue weighted by molar-refractivity contribution is 5.77. The van der Waals surface area contributed by atoms with E-state index in [4.69, 9.17) is 0 Å². The fourth-order valence-electron chi connectivity index (χ4n) is 2.47. The van der Waals surface area contributed by atoms with Crippen molar-refractivity contribution in [2.75, 3.05) is 20.2 Å². The summed E-state index contributed by atoms with van der Waals surface area (Å²) >= 11 is 0. The largest absolute Gasteiger partial charge is 0.469 e. The molecule has 0 bridgehead atoms. The number of amides is 1. The maximum absolute atomic E-state index is 12.0. The molecule has 0 spiro atoms. The third-order valence-electron chi connectivity index (χ3n) is 3.85. The molecule has 1 rings (SSSR count). The Balaban J connectivity index is 2.52. The molecule has 1 aliphatic rings. The van der Waals surface area contributed by atoms with E-state index in [2.05, 4.69) is 25.5 Å². The summed E-state index contributed by atoms with van der Waals surface area (Å²) in [5, 5.41) is 0. The first-order valence-electron chi connectivity index (χ1n) is 6.69. The maximum atomic E-state index is 12.0. The predicted octanol–water partition coefficient (Wildman–Crippen LogP) is 2.22. The van der Waals surface area contributed by atoms with E-state index in [0.717, 1.165) is 19.4 Å². The van der Waals surface area contributed by atoms with Crippen LogP contribution in [0.25, 0.3) is 0 Å². The molecule has 0 aliphatic carbocycles. The van der Waals surface area contributed by atoms with Gasteiger partial charge in [0.05, 0.1) is 13.5 Å². The van der Waals surface area contributed by atoms with Gasteiger partial charge in [-0.05, 0) is 24.2 Å². The zero-order valence-corrected chi connectivity index (χ0v) is 12.0. The lowest BCUT2D eigenvalue weighted by atomic mass is 9.77. The van der Waals surface area contributed by atoms with Crippen LogP contribution in [0, 0.1) is 11.3 Å². The molecule has 0 aromatic heterocycles. The average molecular weight is 255 g/mol. The molecule has 0 aromatic carbocycles. The van der Waals surface area contributed by atoms with Gasteiger partial charge in [0.25, 0.3) is 0 Å². The van der Waals surface area contributed by atoms with Crippen molar-refractivity contribution in [1.29, 1.82) is 0 Å². The first-order chi connectivity index (χ1) is 8.34. The first-order valence-corrected chi connectivity index (χ1v) is 6.69. The molecule has 104 valence electrons. The number of carbonyl (C=O) groups excluding carboxylic acids is 2. The van der Waals surface area contributed by atoms with E-state index in [-0.39, 0.29) is 17.3 Å². The van der Waals surface area contributed by atoms with Crippen LogP contribution in [-0.2, 0) is 14.3 Å². The van der Waals surface area contributed by atoms with E-state index < -0.39 is 0 Å². The quantitative estimate of drug-likeness (QED) is 0.726. The second-order valence-electron chi connectivity index (χ2n) is 6.10. The Morgan fingerprint density at radius 2 is 2.06 bits per heavy atom. The number of rotatable bonds is 3. The van der Waals surface area contributed by atoms with Crippen molar-refractivity contribution in [2.45, 2.75) is 46.5 Å². The van der Waals surface area contributed by atoms with Crippen molar-refractivity contribution >= 4 is 11.9 Å². The Kier molecular flexibility index (Phi) is 5.17. The van der Waals surface area contributed by atoms with Crippen LogP contribution in [0.15, 0.2) is 0 Å². The zero-order valence-electron chi connectivity index (χ0n) is 12.0. The number of hydrogen-bond donors (Lipinski definition) is 0. The van der Waals surface area contributed by atoms with E-state index in [1.165, 1.54) is 7.11 Å². The summed E-state index contributed by atoms with van der Waals surface area (Å²) in [6.45, 7) is 7.94. The molecule has 1 heterocycles. The van der Waals surface area contributed by atoms with Crippen LogP contribution in [0.5, 0.6) is 0 Å². The number of nitrogens with zero attached hydrogens (tertiary/aromatic N) is 1. The lowest BCUT2D eigenvalue weighted by Crippen LogP contribution is -2.32. The van der Waals surface area contributed by atoms with Crippen LogP contribution in [0.4, 0.5) is 0 Å². The Morgan fingerprint density at radius 3 is 2.61 bits per heavy atom. The van der Waals surface area contributed by atoms with Crippen LogP contribution in [0.1, 0.15) is 46.5 Å². The third-order valence-corrected chi connectivity index (χ3v) is 3.85. The van der Waals surface area contributed by atoms with Gasteiger partial charge in [-0.1, -0.05) is 20.8 Å². The molecule has 1 fully saturated rings. The van der Waals surface area contributed by atoms with Gasteiger partial charge in [-0.3, -0.25) is 9.59 Å². The van der Waals surface area contributed by atoms with Crippen LogP contribution in [0.2, 0.25) is 0 Å². The topological polar surface area (TPSA) is 46.6 Å². The lowest BCUT2D eigenvalue weighted by Gasteiger charge is -2.29. The maximum Gasteiger partial charge on any atom is 0.307 e. The summed E-state index contributed by atoms with van der Waals surface area (Å²) in [4.78, 5) is 24.9. The molecule has 1 unspecified atom stereocenters. The van der Waals surface area contributed by atoms with E-state index >= 15 is 0 Å². The van der Waals surface area contributed by atoms with Gasteiger partial charge in [0.2, 0.25) is 5.91 Å². The summed E-state index contributed by atoms with van der Waals surface area (Å²) < 4.78 is 4.61. The fraction of sp³-hybridized carbons (Fsp3) is 0.857. The lowest BCUT2D eigenvalue weighted by molar-refractivity contribution is -0.141. The van der Waals surface area contributed by atoms with Gasteiger partial charge in [-0.15, -0.1) is 0 Å². The van der Waals surface area contributed by atoms with Crippen LogP contribution in [0.3, 0.4) is 0 Å². The molecule has 1 aliphatic heterocycles.